The predicted molar refractivity (Wildman–Crippen MR) is 101 cm³/mol. The molecule has 2 aliphatic carbocycles. The summed E-state index contributed by atoms with van der Waals surface area (Å²) >= 11 is 5.70. The molecule has 0 bridgehead atoms. The van der Waals surface area contributed by atoms with Crippen molar-refractivity contribution in [3.8, 4) is 0 Å². The van der Waals surface area contributed by atoms with Crippen LogP contribution in [0.4, 0.5) is 0 Å². The Bertz CT molecular complexity index is 497. The number of hydrogen-bond acceptors (Lipinski definition) is 2. The first-order valence-electron chi connectivity index (χ1n) is 9.51. The summed E-state index contributed by atoms with van der Waals surface area (Å²) in [6, 6.07) is 0. The second-order valence-electron chi connectivity index (χ2n) is 7.44. The minimum Gasteiger partial charge on any atom is -0.241 e. The molecule has 2 aliphatic rings. The Morgan fingerprint density at radius 1 is 0.833 bits per heavy atom. The first-order chi connectivity index (χ1) is 11.8. The van der Waals surface area contributed by atoms with Gasteiger partial charge in [0.1, 0.15) is 5.82 Å². The van der Waals surface area contributed by atoms with Gasteiger partial charge >= 0.3 is 0 Å². The van der Waals surface area contributed by atoms with E-state index in [1.165, 1.54) is 56.9 Å². The summed E-state index contributed by atoms with van der Waals surface area (Å²) in [7, 11) is 0. The number of rotatable bonds is 4. The van der Waals surface area contributed by atoms with E-state index >= 15 is 0 Å². The highest BCUT2D eigenvalue weighted by atomic mass is 35.5. The summed E-state index contributed by atoms with van der Waals surface area (Å²) in [5.74, 6) is 3.67. The van der Waals surface area contributed by atoms with Gasteiger partial charge < -0.3 is 0 Å². The number of halogens is 1. The predicted octanol–water partition coefficient (Wildman–Crippen LogP) is 6.35. The molecule has 0 unspecified atom stereocenters. The molecule has 3 heteroatoms. The molecule has 130 valence electrons. The number of aromatic nitrogens is 2. The van der Waals surface area contributed by atoms with E-state index in [1.807, 2.05) is 0 Å². The third kappa shape index (κ3) is 4.47. The van der Waals surface area contributed by atoms with E-state index in [0.29, 0.717) is 17.8 Å². The van der Waals surface area contributed by atoms with Gasteiger partial charge in [-0.05, 0) is 81.6 Å². The normalized spacial score (nSPS) is 31.8. The Kier molecular flexibility index (Phi) is 6.48. The molecule has 0 atom stereocenters. The summed E-state index contributed by atoms with van der Waals surface area (Å²) < 4.78 is 0. The molecule has 0 aromatic carbocycles. The van der Waals surface area contributed by atoms with Gasteiger partial charge in [0.05, 0.1) is 0 Å². The molecule has 2 fully saturated rings. The number of nitrogens with zero attached hydrogens (tertiary/aromatic N) is 2. The van der Waals surface area contributed by atoms with Crippen LogP contribution in [0.5, 0.6) is 0 Å². The lowest BCUT2D eigenvalue weighted by Crippen LogP contribution is -2.15. The van der Waals surface area contributed by atoms with Crippen LogP contribution in [0.2, 0.25) is 0 Å². The molecule has 1 aromatic heterocycles. The fourth-order valence-corrected chi connectivity index (χ4v) is 4.57. The van der Waals surface area contributed by atoms with Gasteiger partial charge in [0.15, 0.2) is 0 Å². The maximum atomic E-state index is 5.70. The van der Waals surface area contributed by atoms with E-state index in [0.717, 1.165) is 11.7 Å². The van der Waals surface area contributed by atoms with Gasteiger partial charge in [-0.1, -0.05) is 29.8 Å². The van der Waals surface area contributed by atoms with E-state index in [4.69, 9.17) is 21.6 Å². The minimum absolute atomic E-state index is 0.532. The molecule has 24 heavy (non-hydrogen) atoms. The average Bonchev–Trinajstić information content (AvgIpc) is 2.64. The van der Waals surface area contributed by atoms with Crippen LogP contribution in [0.15, 0.2) is 36.2 Å². The first-order valence-corrected chi connectivity index (χ1v) is 9.95. The Morgan fingerprint density at radius 3 is 1.92 bits per heavy atom. The Morgan fingerprint density at radius 2 is 1.38 bits per heavy atom. The quantitative estimate of drug-likeness (QED) is 0.594. The van der Waals surface area contributed by atoms with Gasteiger partial charge in [-0.3, -0.25) is 0 Å². The summed E-state index contributed by atoms with van der Waals surface area (Å²) in [6.45, 7) is 2.12. The zero-order valence-electron chi connectivity index (χ0n) is 14.7. The lowest BCUT2D eigenvalue weighted by molar-refractivity contribution is 0.362. The minimum atomic E-state index is 0.532. The topological polar surface area (TPSA) is 25.8 Å². The lowest BCUT2D eigenvalue weighted by Gasteiger charge is -2.28. The molecule has 2 nitrogen and oxygen atoms in total. The fraction of sp³-hybridized carbons (Fsp3) is 0.619. The van der Waals surface area contributed by atoms with Gasteiger partial charge in [0.2, 0.25) is 0 Å². The maximum absolute atomic E-state index is 5.70. The standard InChI is InChI=1S/C21H29ClN2/c1-2-3-16-4-8-18(9-5-16)20-14-23-21(24-15-20)19-10-6-17(7-11-19)12-13-22/h2-3,12-19H,4-11H2,1H3/b3-2+,13-12+/t16-,17-,18-,19-. The smallest absolute Gasteiger partial charge is 0.131 e. The highest BCUT2D eigenvalue weighted by Gasteiger charge is 2.24. The average molecular weight is 345 g/mol. The van der Waals surface area contributed by atoms with Crippen LogP contribution in [0.25, 0.3) is 0 Å². The Labute approximate surface area is 151 Å². The van der Waals surface area contributed by atoms with E-state index in [-0.39, 0.29) is 0 Å². The molecule has 1 aromatic rings. The van der Waals surface area contributed by atoms with Crippen LogP contribution in [-0.4, -0.2) is 9.97 Å². The van der Waals surface area contributed by atoms with Crippen molar-refractivity contribution in [2.45, 2.75) is 70.1 Å². The van der Waals surface area contributed by atoms with Crippen molar-refractivity contribution >= 4 is 11.6 Å². The van der Waals surface area contributed by atoms with Crippen LogP contribution in [0.1, 0.15) is 81.5 Å². The fourth-order valence-electron chi connectivity index (χ4n) is 4.36. The second kappa shape index (κ2) is 8.80. The van der Waals surface area contributed by atoms with Gasteiger partial charge in [-0.25, -0.2) is 9.97 Å². The largest absolute Gasteiger partial charge is 0.241 e. The third-order valence-corrected chi connectivity index (χ3v) is 6.03. The zero-order chi connectivity index (χ0) is 16.8. The monoisotopic (exact) mass is 344 g/mol. The highest BCUT2D eigenvalue weighted by Crippen LogP contribution is 2.37. The van der Waals surface area contributed by atoms with Crippen LogP contribution < -0.4 is 0 Å². The SMILES string of the molecule is C/C=C/[C@H]1CC[C@H](c2cnc([C@H]3CC[C@H](/C=C/Cl)CC3)nc2)CC1. The van der Waals surface area contributed by atoms with Crippen molar-refractivity contribution in [1.82, 2.24) is 9.97 Å². The van der Waals surface area contributed by atoms with Gasteiger partial charge in [-0.2, -0.15) is 0 Å². The maximum Gasteiger partial charge on any atom is 0.131 e. The van der Waals surface area contributed by atoms with Crippen molar-refractivity contribution in [1.29, 1.82) is 0 Å². The molecule has 0 N–H and O–H groups in total. The van der Waals surface area contributed by atoms with Crippen LogP contribution in [0, 0.1) is 11.8 Å². The number of hydrogen-bond donors (Lipinski definition) is 0. The van der Waals surface area contributed by atoms with Crippen LogP contribution >= 0.6 is 11.6 Å². The molecule has 0 aliphatic heterocycles. The third-order valence-electron chi connectivity index (χ3n) is 5.88. The molecule has 3 rings (SSSR count). The van der Waals surface area contributed by atoms with E-state index < -0.39 is 0 Å². The molecular formula is C21H29ClN2. The zero-order valence-corrected chi connectivity index (χ0v) is 15.5. The van der Waals surface area contributed by atoms with Crippen molar-refractivity contribution in [2.75, 3.05) is 0 Å². The first kappa shape index (κ1) is 17.7. The highest BCUT2D eigenvalue weighted by molar-refractivity contribution is 6.25. The van der Waals surface area contributed by atoms with Crippen molar-refractivity contribution in [2.24, 2.45) is 11.8 Å². The van der Waals surface area contributed by atoms with Crippen molar-refractivity contribution in [3.05, 3.63) is 47.5 Å². The lowest BCUT2D eigenvalue weighted by atomic mass is 9.79. The molecule has 1 heterocycles. The van der Waals surface area contributed by atoms with Crippen molar-refractivity contribution in [3.63, 3.8) is 0 Å². The molecule has 0 amide bonds. The molecular weight excluding hydrogens is 316 g/mol. The summed E-state index contributed by atoms with van der Waals surface area (Å²) in [5, 5.41) is 0. The van der Waals surface area contributed by atoms with E-state index in [9.17, 15) is 0 Å². The van der Waals surface area contributed by atoms with Gasteiger partial charge in [0, 0.05) is 23.8 Å². The molecule has 0 saturated heterocycles. The Balaban J connectivity index is 1.54. The van der Waals surface area contributed by atoms with Crippen LogP contribution in [0.3, 0.4) is 0 Å². The summed E-state index contributed by atoms with van der Waals surface area (Å²) in [5.41, 5.74) is 3.01. The van der Waals surface area contributed by atoms with Gasteiger partial charge in [0.25, 0.3) is 0 Å². The molecule has 0 spiro atoms. The van der Waals surface area contributed by atoms with E-state index in [2.05, 4.69) is 37.5 Å². The summed E-state index contributed by atoms with van der Waals surface area (Å²) in [6.07, 6.45) is 20.8. The van der Waals surface area contributed by atoms with Crippen LogP contribution in [-0.2, 0) is 0 Å². The van der Waals surface area contributed by atoms with E-state index in [1.54, 1.807) is 5.54 Å². The second-order valence-corrected chi connectivity index (χ2v) is 7.69. The molecule has 2 saturated carbocycles. The molecule has 0 radical (unpaired) electrons. The Hall–Kier alpha value is -1.15. The van der Waals surface area contributed by atoms with Gasteiger partial charge in [-0.15, -0.1) is 0 Å². The van der Waals surface area contributed by atoms with Crippen molar-refractivity contribution < 1.29 is 0 Å². The summed E-state index contributed by atoms with van der Waals surface area (Å²) in [4.78, 5) is 9.47. The number of allylic oxidation sites excluding steroid dienone is 3.